The Morgan fingerprint density at radius 1 is 1.22 bits per heavy atom. The normalized spacial score (nSPS) is 15.7. The zero-order chi connectivity index (χ0) is 25.7. The van der Waals surface area contributed by atoms with Crippen LogP contribution in [-0.4, -0.2) is 67.0 Å². The fourth-order valence-electron chi connectivity index (χ4n) is 4.27. The number of nitrogens with one attached hydrogen (secondary N) is 2. The maximum absolute atomic E-state index is 12.9. The highest BCUT2D eigenvalue weighted by Crippen LogP contribution is 2.25. The first kappa shape index (κ1) is 25.5. The van der Waals surface area contributed by atoms with Gasteiger partial charge >= 0.3 is 0 Å². The number of carbonyl (C=O) groups excluding carboxylic acids is 1. The smallest absolute Gasteiger partial charge is 0.276 e. The summed E-state index contributed by atoms with van der Waals surface area (Å²) in [4.78, 5) is 23.3. The zero-order valence-corrected chi connectivity index (χ0v) is 21.3. The molecule has 0 atom stereocenters. The SMILES string of the molecule is C=N/C=C(\C=C(/C)c1ccc2[nH]nc(C(=O)Nc3ccc(S(C)(=O)=O)nc3)c2c1)CN1CCCCC1. The summed E-state index contributed by atoms with van der Waals surface area (Å²) in [6, 6.07) is 8.67. The molecule has 0 unspecified atom stereocenters. The number of aromatic amines is 1. The van der Waals surface area contributed by atoms with Gasteiger partial charge in [0, 0.05) is 24.4 Å². The Hall–Kier alpha value is -3.63. The number of amides is 1. The number of hydrogen-bond donors (Lipinski definition) is 2. The molecule has 0 saturated carbocycles. The number of H-pyrrole nitrogens is 1. The van der Waals surface area contributed by atoms with Crippen LogP contribution in [-0.2, 0) is 9.84 Å². The Labute approximate surface area is 211 Å². The van der Waals surface area contributed by atoms with Crippen LogP contribution in [0.4, 0.5) is 5.69 Å². The number of carbonyl (C=O) groups is 1. The summed E-state index contributed by atoms with van der Waals surface area (Å²) < 4.78 is 23.2. The van der Waals surface area contributed by atoms with E-state index in [0.717, 1.165) is 48.1 Å². The highest BCUT2D eigenvalue weighted by molar-refractivity contribution is 7.90. The number of piperidine rings is 1. The predicted molar refractivity (Wildman–Crippen MR) is 143 cm³/mol. The van der Waals surface area contributed by atoms with Crippen LogP contribution in [0, 0.1) is 0 Å². The monoisotopic (exact) mass is 506 g/mol. The lowest BCUT2D eigenvalue weighted by atomic mass is 10.0. The summed E-state index contributed by atoms with van der Waals surface area (Å²) in [6.07, 6.45) is 10.0. The fraction of sp³-hybridized carbons (Fsp3) is 0.308. The molecule has 36 heavy (non-hydrogen) atoms. The number of nitrogens with zero attached hydrogens (tertiary/aromatic N) is 4. The number of fused-ring (bicyclic) bond motifs is 1. The van der Waals surface area contributed by atoms with Gasteiger partial charge in [-0.25, -0.2) is 13.4 Å². The van der Waals surface area contributed by atoms with E-state index in [1.165, 1.54) is 37.6 Å². The molecular weight excluding hydrogens is 476 g/mol. The summed E-state index contributed by atoms with van der Waals surface area (Å²) in [5.41, 5.74) is 4.44. The van der Waals surface area contributed by atoms with Gasteiger partial charge in [0.15, 0.2) is 20.6 Å². The molecule has 0 spiro atoms. The second kappa shape index (κ2) is 11.0. The molecule has 10 heteroatoms. The zero-order valence-electron chi connectivity index (χ0n) is 20.5. The van der Waals surface area contributed by atoms with E-state index in [4.69, 9.17) is 0 Å². The van der Waals surface area contributed by atoms with Gasteiger partial charge in [-0.05, 0) is 80.5 Å². The largest absolute Gasteiger partial charge is 0.319 e. The lowest BCUT2D eigenvalue weighted by Crippen LogP contribution is -2.31. The molecule has 4 rings (SSSR count). The van der Waals surface area contributed by atoms with Gasteiger partial charge in [-0.15, -0.1) is 0 Å². The minimum absolute atomic E-state index is 0.0574. The van der Waals surface area contributed by atoms with E-state index < -0.39 is 15.7 Å². The van der Waals surface area contributed by atoms with Gasteiger partial charge in [0.1, 0.15) is 0 Å². The van der Waals surface area contributed by atoms with Crippen LogP contribution in [0.5, 0.6) is 0 Å². The van der Waals surface area contributed by atoms with Crippen LogP contribution in [0.25, 0.3) is 16.5 Å². The van der Waals surface area contributed by atoms with Gasteiger partial charge in [0.25, 0.3) is 5.91 Å². The number of benzene rings is 1. The second-order valence-electron chi connectivity index (χ2n) is 8.99. The first-order valence-electron chi connectivity index (χ1n) is 11.8. The third-order valence-electron chi connectivity index (χ3n) is 6.12. The number of aromatic nitrogens is 3. The molecule has 3 aromatic rings. The maximum Gasteiger partial charge on any atom is 0.276 e. The summed E-state index contributed by atoms with van der Waals surface area (Å²) >= 11 is 0. The van der Waals surface area contributed by atoms with Crippen molar-refractivity contribution >= 4 is 44.6 Å². The van der Waals surface area contributed by atoms with Crippen LogP contribution in [0.15, 0.2) is 64.4 Å². The lowest BCUT2D eigenvalue weighted by molar-refractivity contribution is 0.102. The van der Waals surface area contributed by atoms with E-state index in [-0.39, 0.29) is 10.7 Å². The van der Waals surface area contributed by atoms with Gasteiger partial charge in [-0.1, -0.05) is 18.6 Å². The molecule has 1 saturated heterocycles. The number of allylic oxidation sites excluding steroid dienone is 1. The van der Waals surface area contributed by atoms with Crippen LogP contribution in [0.2, 0.25) is 0 Å². The quantitative estimate of drug-likeness (QED) is 0.351. The van der Waals surface area contributed by atoms with Gasteiger partial charge in [-0.2, -0.15) is 5.10 Å². The van der Waals surface area contributed by atoms with Gasteiger partial charge in [0.05, 0.1) is 17.4 Å². The molecule has 1 aliphatic heterocycles. The van der Waals surface area contributed by atoms with E-state index in [0.29, 0.717) is 11.1 Å². The molecule has 0 bridgehead atoms. The first-order valence-corrected chi connectivity index (χ1v) is 13.7. The summed E-state index contributed by atoms with van der Waals surface area (Å²) in [5.74, 6) is -0.421. The maximum atomic E-state index is 12.9. The minimum atomic E-state index is -3.42. The van der Waals surface area contributed by atoms with Crippen LogP contribution in [0.1, 0.15) is 42.2 Å². The molecule has 9 nitrogen and oxygen atoms in total. The molecule has 0 radical (unpaired) electrons. The molecule has 0 aliphatic carbocycles. The molecule has 2 N–H and O–H groups in total. The van der Waals surface area contributed by atoms with Crippen molar-refractivity contribution in [3.63, 3.8) is 0 Å². The van der Waals surface area contributed by atoms with E-state index in [1.54, 1.807) is 6.20 Å². The second-order valence-corrected chi connectivity index (χ2v) is 11.0. The Morgan fingerprint density at radius 2 is 2.00 bits per heavy atom. The summed E-state index contributed by atoms with van der Waals surface area (Å²) in [7, 11) is -3.42. The van der Waals surface area contributed by atoms with E-state index in [9.17, 15) is 13.2 Å². The van der Waals surface area contributed by atoms with Gasteiger partial charge in [0.2, 0.25) is 0 Å². The topological polar surface area (TPSA) is 120 Å². The molecule has 2 aromatic heterocycles. The minimum Gasteiger partial charge on any atom is -0.319 e. The van der Waals surface area contributed by atoms with Crippen molar-refractivity contribution < 1.29 is 13.2 Å². The van der Waals surface area contributed by atoms with E-state index in [1.807, 2.05) is 25.1 Å². The first-order chi connectivity index (χ1) is 17.2. The van der Waals surface area contributed by atoms with Crippen LogP contribution < -0.4 is 5.32 Å². The molecule has 3 heterocycles. The number of pyridine rings is 1. The third-order valence-corrected chi connectivity index (χ3v) is 7.12. The summed E-state index contributed by atoms with van der Waals surface area (Å²) in [5, 5.41) is 10.5. The number of anilines is 1. The molecule has 188 valence electrons. The Kier molecular flexibility index (Phi) is 7.76. The molecule has 1 amide bonds. The summed E-state index contributed by atoms with van der Waals surface area (Å²) in [6.45, 7) is 8.66. The van der Waals surface area contributed by atoms with Crippen LogP contribution >= 0.6 is 0 Å². The highest BCUT2D eigenvalue weighted by Gasteiger charge is 2.17. The number of hydrogen-bond acceptors (Lipinski definition) is 7. The van der Waals surface area contributed by atoms with Crippen molar-refractivity contribution in [1.29, 1.82) is 0 Å². The Balaban J connectivity index is 1.55. The lowest BCUT2D eigenvalue weighted by Gasteiger charge is -2.26. The average Bonchev–Trinajstić information content (AvgIpc) is 3.28. The Morgan fingerprint density at radius 3 is 2.67 bits per heavy atom. The molecular formula is C26H30N6O3S. The third kappa shape index (κ3) is 6.13. The number of aliphatic imine (C=N–C) groups is 1. The standard InChI is InChI=1S/C26H30N6O3S/c1-18(13-19(15-27-2)17-32-11-5-4-6-12-32)20-7-9-23-22(14-20)25(31-30-23)26(33)29-21-8-10-24(28-16-21)36(3,34)35/h7-10,13-16H,2,4-6,11-12,17H2,1,3H3,(H,29,33)(H,30,31)/b18-13+,19-15+. The molecule has 1 fully saturated rings. The van der Waals surface area contributed by atoms with Crippen LogP contribution in [0.3, 0.4) is 0 Å². The van der Waals surface area contributed by atoms with Crippen molar-refractivity contribution in [3.8, 4) is 0 Å². The average molecular weight is 507 g/mol. The van der Waals surface area contributed by atoms with Crippen molar-refractivity contribution in [1.82, 2.24) is 20.1 Å². The number of likely N-dealkylation sites (tertiary alicyclic amines) is 1. The van der Waals surface area contributed by atoms with Crippen molar-refractivity contribution in [3.05, 3.63) is 65.6 Å². The molecule has 1 aliphatic rings. The number of sulfone groups is 1. The van der Waals surface area contributed by atoms with Crippen molar-refractivity contribution in [2.75, 3.05) is 31.2 Å². The van der Waals surface area contributed by atoms with E-state index >= 15 is 0 Å². The van der Waals surface area contributed by atoms with E-state index in [2.05, 4.69) is 43.2 Å². The van der Waals surface area contributed by atoms with Crippen molar-refractivity contribution in [2.45, 2.75) is 31.2 Å². The Bertz CT molecular complexity index is 1430. The van der Waals surface area contributed by atoms with Crippen molar-refractivity contribution in [2.24, 2.45) is 4.99 Å². The molecule has 1 aromatic carbocycles. The highest BCUT2D eigenvalue weighted by atomic mass is 32.2. The van der Waals surface area contributed by atoms with Gasteiger partial charge < -0.3 is 5.32 Å². The number of rotatable bonds is 8. The van der Waals surface area contributed by atoms with Gasteiger partial charge in [-0.3, -0.25) is 19.8 Å². The fourth-order valence-corrected chi connectivity index (χ4v) is 4.83. The predicted octanol–water partition coefficient (Wildman–Crippen LogP) is 4.09.